The fourth-order valence-corrected chi connectivity index (χ4v) is 0.947. The van der Waals surface area contributed by atoms with Gasteiger partial charge in [-0.3, -0.25) is 0 Å². The smallest absolute Gasteiger partial charge is 0.00277 e. The Morgan fingerprint density at radius 2 is 2.00 bits per heavy atom. The van der Waals surface area contributed by atoms with Crippen molar-refractivity contribution in [3.05, 3.63) is 41.6 Å². The molecule has 0 heterocycles. The molecule has 58 valence electrons. The first-order valence-electron chi connectivity index (χ1n) is 3.74. The van der Waals surface area contributed by atoms with Crippen molar-refractivity contribution in [1.29, 1.82) is 0 Å². The third-order valence-electron chi connectivity index (χ3n) is 1.62. The Morgan fingerprint density at radius 3 is 2.64 bits per heavy atom. The highest BCUT2D eigenvalue weighted by Gasteiger charge is 1.88. The number of hydrogen-bond donors (Lipinski definition) is 1. The number of aryl methyl sites for hydroxylation is 1. The van der Waals surface area contributed by atoms with Gasteiger partial charge in [0.05, 0.1) is 0 Å². The van der Waals surface area contributed by atoms with E-state index in [2.05, 4.69) is 30.4 Å². The maximum Gasteiger partial charge on any atom is 0.00277 e. The minimum atomic E-state index is 1.27. The average Bonchev–Trinajstić information content (AvgIpc) is 2.03. The molecular formula is C10H13N. The predicted molar refractivity (Wildman–Crippen MR) is 49.3 cm³/mol. The van der Waals surface area contributed by atoms with E-state index in [-0.39, 0.29) is 0 Å². The molecule has 0 aromatic heterocycles. The molecule has 1 rings (SSSR count). The van der Waals surface area contributed by atoms with Crippen LogP contribution < -0.4 is 5.32 Å². The molecule has 1 nitrogen and oxygen atoms in total. The van der Waals surface area contributed by atoms with Crippen LogP contribution in [0.25, 0.3) is 6.08 Å². The summed E-state index contributed by atoms with van der Waals surface area (Å²) in [7, 11) is 1.90. The van der Waals surface area contributed by atoms with Crippen LogP contribution in [0.1, 0.15) is 11.1 Å². The van der Waals surface area contributed by atoms with E-state index in [0.29, 0.717) is 0 Å². The molecule has 11 heavy (non-hydrogen) atoms. The van der Waals surface area contributed by atoms with Crippen LogP contribution in [-0.2, 0) is 0 Å². The van der Waals surface area contributed by atoms with Gasteiger partial charge in [-0.15, -0.1) is 0 Å². The second-order valence-electron chi connectivity index (χ2n) is 2.48. The van der Waals surface area contributed by atoms with E-state index in [4.69, 9.17) is 0 Å². The third-order valence-corrected chi connectivity index (χ3v) is 1.62. The predicted octanol–water partition coefficient (Wildman–Crippen LogP) is 2.19. The molecule has 1 aromatic rings. The first-order valence-corrected chi connectivity index (χ1v) is 3.74. The standard InChI is InChI=1S/C10H13N/c1-9-5-3-4-6-10(9)7-8-11-2/h3-8,11H,1-2H3. The molecule has 0 saturated heterocycles. The third kappa shape index (κ3) is 2.11. The minimum absolute atomic E-state index is 1.27. The molecule has 0 unspecified atom stereocenters. The second kappa shape index (κ2) is 3.81. The number of benzene rings is 1. The molecular weight excluding hydrogens is 134 g/mol. The lowest BCUT2D eigenvalue weighted by molar-refractivity contribution is 1.11. The quantitative estimate of drug-likeness (QED) is 0.676. The molecule has 0 saturated carbocycles. The maximum atomic E-state index is 2.96. The van der Waals surface area contributed by atoms with Crippen LogP contribution in [-0.4, -0.2) is 7.05 Å². The fourth-order valence-electron chi connectivity index (χ4n) is 0.947. The Labute approximate surface area is 67.8 Å². The first-order chi connectivity index (χ1) is 5.34. The van der Waals surface area contributed by atoms with Crippen LogP contribution in [0.4, 0.5) is 0 Å². The molecule has 0 fully saturated rings. The molecule has 0 aliphatic heterocycles. The summed E-state index contributed by atoms with van der Waals surface area (Å²) < 4.78 is 0. The molecule has 0 spiro atoms. The zero-order chi connectivity index (χ0) is 8.10. The van der Waals surface area contributed by atoms with Gasteiger partial charge in [-0.25, -0.2) is 0 Å². The van der Waals surface area contributed by atoms with Gasteiger partial charge in [-0.1, -0.05) is 24.3 Å². The van der Waals surface area contributed by atoms with E-state index in [9.17, 15) is 0 Å². The lowest BCUT2D eigenvalue weighted by Gasteiger charge is -1.97. The van der Waals surface area contributed by atoms with Crippen molar-refractivity contribution < 1.29 is 0 Å². The molecule has 0 radical (unpaired) electrons. The Balaban J connectivity index is 2.86. The Bertz CT molecular complexity index is 251. The Kier molecular flexibility index (Phi) is 2.73. The molecule has 0 aliphatic carbocycles. The SMILES string of the molecule is CNC=Cc1ccccc1C. The van der Waals surface area contributed by atoms with E-state index >= 15 is 0 Å². The van der Waals surface area contributed by atoms with Gasteiger partial charge in [0.15, 0.2) is 0 Å². The van der Waals surface area contributed by atoms with E-state index < -0.39 is 0 Å². The first kappa shape index (κ1) is 7.86. The molecule has 1 N–H and O–H groups in total. The average molecular weight is 147 g/mol. The van der Waals surface area contributed by atoms with Gasteiger partial charge in [-0.2, -0.15) is 0 Å². The van der Waals surface area contributed by atoms with Crippen LogP contribution in [0.2, 0.25) is 0 Å². The highest BCUT2D eigenvalue weighted by Crippen LogP contribution is 2.07. The molecule has 0 amide bonds. The van der Waals surface area contributed by atoms with Crippen molar-refractivity contribution in [2.45, 2.75) is 6.92 Å². The zero-order valence-electron chi connectivity index (χ0n) is 6.96. The van der Waals surface area contributed by atoms with Crippen LogP contribution in [0.15, 0.2) is 30.5 Å². The van der Waals surface area contributed by atoms with Gasteiger partial charge >= 0.3 is 0 Å². The van der Waals surface area contributed by atoms with Gasteiger partial charge < -0.3 is 5.32 Å². The fraction of sp³-hybridized carbons (Fsp3) is 0.200. The normalized spacial score (nSPS) is 10.4. The molecule has 0 bridgehead atoms. The highest BCUT2D eigenvalue weighted by atomic mass is 14.8. The van der Waals surface area contributed by atoms with Gasteiger partial charge in [-0.05, 0) is 30.3 Å². The van der Waals surface area contributed by atoms with Crippen LogP contribution in [0.3, 0.4) is 0 Å². The van der Waals surface area contributed by atoms with E-state index in [0.717, 1.165) is 0 Å². The summed E-state index contributed by atoms with van der Waals surface area (Å²) in [5, 5.41) is 2.96. The van der Waals surface area contributed by atoms with Crippen molar-refractivity contribution in [1.82, 2.24) is 5.32 Å². The number of hydrogen-bond acceptors (Lipinski definition) is 1. The molecule has 1 heteroatoms. The summed E-state index contributed by atoms with van der Waals surface area (Å²) in [6, 6.07) is 8.30. The van der Waals surface area contributed by atoms with Crippen molar-refractivity contribution in [2.75, 3.05) is 7.05 Å². The largest absolute Gasteiger partial charge is 0.394 e. The summed E-state index contributed by atoms with van der Waals surface area (Å²) in [5.74, 6) is 0. The number of nitrogens with one attached hydrogen (secondary N) is 1. The second-order valence-corrected chi connectivity index (χ2v) is 2.48. The van der Waals surface area contributed by atoms with Crippen LogP contribution in [0.5, 0.6) is 0 Å². The van der Waals surface area contributed by atoms with Crippen molar-refractivity contribution in [3.63, 3.8) is 0 Å². The minimum Gasteiger partial charge on any atom is -0.394 e. The zero-order valence-corrected chi connectivity index (χ0v) is 6.96. The van der Waals surface area contributed by atoms with Gasteiger partial charge in [0.25, 0.3) is 0 Å². The van der Waals surface area contributed by atoms with E-state index in [1.165, 1.54) is 11.1 Å². The van der Waals surface area contributed by atoms with Gasteiger partial charge in [0.2, 0.25) is 0 Å². The maximum absolute atomic E-state index is 2.96. The van der Waals surface area contributed by atoms with Gasteiger partial charge in [0.1, 0.15) is 0 Å². The van der Waals surface area contributed by atoms with Crippen LogP contribution >= 0.6 is 0 Å². The number of rotatable bonds is 2. The lowest BCUT2D eigenvalue weighted by Crippen LogP contribution is -1.91. The molecule has 0 atom stereocenters. The van der Waals surface area contributed by atoms with Crippen LogP contribution in [0, 0.1) is 6.92 Å². The van der Waals surface area contributed by atoms with E-state index in [1.54, 1.807) is 0 Å². The van der Waals surface area contributed by atoms with Crippen molar-refractivity contribution in [3.8, 4) is 0 Å². The lowest BCUT2D eigenvalue weighted by atomic mass is 10.1. The monoisotopic (exact) mass is 147 g/mol. The summed E-state index contributed by atoms with van der Waals surface area (Å²) in [6.07, 6.45) is 4.00. The molecule has 0 aliphatic rings. The molecule has 1 aromatic carbocycles. The van der Waals surface area contributed by atoms with Gasteiger partial charge in [0, 0.05) is 7.05 Å². The van der Waals surface area contributed by atoms with Crippen molar-refractivity contribution >= 4 is 6.08 Å². The van der Waals surface area contributed by atoms with Crippen molar-refractivity contribution in [2.24, 2.45) is 0 Å². The highest BCUT2D eigenvalue weighted by molar-refractivity contribution is 5.52. The summed E-state index contributed by atoms with van der Waals surface area (Å²) in [6.45, 7) is 2.11. The van der Waals surface area contributed by atoms with E-state index in [1.807, 2.05) is 25.4 Å². The summed E-state index contributed by atoms with van der Waals surface area (Å²) in [4.78, 5) is 0. The topological polar surface area (TPSA) is 12.0 Å². The Hall–Kier alpha value is -1.24. The Morgan fingerprint density at radius 1 is 1.27 bits per heavy atom. The summed E-state index contributed by atoms with van der Waals surface area (Å²) >= 11 is 0. The summed E-state index contributed by atoms with van der Waals surface area (Å²) in [5.41, 5.74) is 2.57.